The highest BCUT2D eigenvalue weighted by atomic mass is 15.1. The van der Waals surface area contributed by atoms with Gasteiger partial charge >= 0.3 is 0 Å². The Bertz CT molecular complexity index is 544. The minimum absolute atomic E-state index is 0.0677. The molecule has 1 fully saturated rings. The Morgan fingerprint density at radius 3 is 2.35 bits per heavy atom. The maximum Gasteiger partial charge on any atom is 0.223 e. The molecule has 1 aliphatic rings. The van der Waals surface area contributed by atoms with Crippen molar-refractivity contribution in [2.45, 2.75) is 25.3 Å². The molecular formula is C16H20N4. The molecule has 2 N–H and O–H groups in total. The van der Waals surface area contributed by atoms with E-state index >= 15 is 0 Å². The molecule has 0 atom stereocenters. The van der Waals surface area contributed by atoms with Crippen molar-refractivity contribution in [3.63, 3.8) is 0 Å². The van der Waals surface area contributed by atoms with Crippen LogP contribution in [0.3, 0.4) is 0 Å². The molecule has 0 aliphatic carbocycles. The SMILES string of the molecule is Cc1cnc(NC2(c3ccccc3)CCNCC2)nc1. The third-order valence-electron chi connectivity index (χ3n) is 3.92. The smallest absolute Gasteiger partial charge is 0.223 e. The Balaban J connectivity index is 1.92. The van der Waals surface area contributed by atoms with Crippen molar-refractivity contribution in [3.8, 4) is 0 Å². The molecule has 0 radical (unpaired) electrons. The molecule has 2 heterocycles. The summed E-state index contributed by atoms with van der Waals surface area (Å²) >= 11 is 0. The van der Waals surface area contributed by atoms with E-state index in [2.05, 4.69) is 50.9 Å². The Labute approximate surface area is 119 Å². The number of rotatable bonds is 3. The van der Waals surface area contributed by atoms with E-state index in [9.17, 15) is 0 Å². The second-order valence-electron chi connectivity index (χ2n) is 5.41. The van der Waals surface area contributed by atoms with Gasteiger partial charge in [-0.3, -0.25) is 0 Å². The zero-order chi connectivity index (χ0) is 13.8. The molecule has 2 aromatic rings. The molecule has 104 valence electrons. The van der Waals surface area contributed by atoms with Gasteiger partial charge in [-0.05, 0) is 44.0 Å². The van der Waals surface area contributed by atoms with Crippen LogP contribution >= 0.6 is 0 Å². The van der Waals surface area contributed by atoms with Gasteiger partial charge in [0.15, 0.2) is 0 Å². The van der Waals surface area contributed by atoms with E-state index in [0.717, 1.165) is 31.5 Å². The van der Waals surface area contributed by atoms with Crippen LogP contribution < -0.4 is 10.6 Å². The second-order valence-corrected chi connectivity index (χ2v) is 5.41. The van der Waals surface area contributed by atoms with E-state index in [0.29, 0.717) is 5.95 Å². The summed E-state index contributed by atoms with van der Waals surface area (Å²) in [6.45, 7) is 4.02. The van der Waals surface area contributed by atoms with Gasteiger partial charge in [-0.25, -0.2) is 9.97 Å². The molecule has 0 amide bonds. The average Bonchev–Trinajstić information content (AvgIpc) is 2.52. The highest BCUT2D eigenvalue weighted by Crippen LogP contribution is 2.33. The topological polar surface area (TPSA) is 49.8 Å². The minimum Gasteiger partial charge on any atom is -0.345 e. The summed E-state index contributed by atoms with van der Waals surface area (Å²) in [5, 5.41) is 7.00. The predicted molar refractivity (Wildman–Crippen MR) is 80.6 cm³/mol. The van der Waals surface area contributed by atoms with Gasteiger partial charge in [0.2, 0.25) is 5.95 Å². The number of aromatic nitrogens is 2. The molecule has 0 saturated carbocycles. The van der Waals surface area contributed by atoms with E-state index in [1.165, 1.54) is 5.56 Å². The largest absolute Gasteiger partial charge is 0.345 e. The summed E-state index contributed by atoms with van der Waals surface area (Å²) in [6, 6.07) is 10.6. The molecular weight excluding hydrogens is 248 g/mol. The summed E-state index contributed by atoms with van der Waals surface area (Å²) in [5.41, 5.74) is 2.32. The molecule has 0 bridgehead atoms. The van der Waals surface area contributed by atoms with Crippen LogP contribution in [0, 0.1) is 6.92 Å². The molecule has 4 nitrogen and oxygen atoms in total. The average molecular weight is 268 g/mol. The van der Waals surface area contributed by atoms with E-state index in [1.807, 2.05) is 19.3 Å². The first-order valence-electron chi connectivity index (χ1n) is 7.12. The van der Waals surface area contributed by atoms with Crippen molar-refractivity contribution in [3.05, 3.63) is 53.9 Å². The van der Waals surface area contributed by atoms with Crippen LogP contribution in [0.5, 0.6) is 0 Å². The first-order chi connectivity index (χ1) is 9.78. The number of nitrogens with zero attached hydrogens (tertiary/aromatic N) is 2. The van der Waals surface area contributed by atoms with Gasteiger partial charge < -0.3 is 10.6 Å². The molecule has 1 aromatic heterocycles. The molecule has 3 rings (SSSR count). The number of benzene rings is 1. The molecule has 4 heteroatoms. The lowest BCUT2D eigenvalue weighted by Crippen LogP contribution is -2.45. The Morgan fingerprint density at radius 1 is 1.05 bits per heavy atom. The number of hydrogen-bond acceptors (Lipinski definition) is 4. The van der Waals surface area contributed by atoms with Crippen molar-refractivity contribution in [2.75, 3.05) is 18.4 Å². The Kier molecular flexibility index (Phi) is 3.65. The lowest BCUT2D eigenvalue weighted by atomic mass is 9.81. The normalized spacial score (nSPS) is 17.6. The lowest BCUT2D eigenvalue weighted by Gasteiger charge is -2.39. The van der Waals surface area contributed by atoms with E-state index in [-0.39, 0.29) is 5.54 Å². The van der Waals surface area contributed by atoms with Crippen LogP contribution in [0.1, 0.15) is 24.0 Å². The van der Waals surface area contributed by atoms with Gasteiger partial charge in [0.1, 0.15) is 0 Å². The zero-order valence-corrected chi connectivity index (χ0v) is 11.8. The molecule has 1 aliphatic heterocycles. The van der Waals surface area contributed by atoms with Gasteiger partial charge in [-0.1, -0.05) is 30.3 Å². The van der Waals surface area contributed by atoms with Crippen molar-refractivity contribution >= 4 is 5.95 Å². The number of nitrogens with one attached hydrogen (secondary N) is 2. The van der Waals surface area contributed by atoms with Crippen LogP contribution in [0.15, 0.2) is 42.7 Å². The first-order valence-corrected chi connectivity index (χ1v) is 7.12. The van der Waals surface area contributed by atoms with Gasteiger partial charge in [-0.2, -0.15) is 0 Å². The third kappa shape index (κ3) is 2.65. The third-order valence-corrected chi connectivity index (χ3v) is 3.92. The lowest BCUT2D eigenvalue weighted by molar-refractivity contribution is 0.344. The fourth-order valence-electron chi connectivity index (χ4n) is 2.77. The van der Waals surface area contributed by atoms with Gasteiger partial charge in [-0.15, -0.1) is 0 Å². The highest BCUT2D eigenvalue weighted by Gasteiger charge is 2.34. The number of hydrogen-bond donors (Lipinski definition) is 2. The maximum absolute atomic E-state index is 4.40. The number of anilines is 1. The highest BCUT2D eigenvalue weighted by molar-refractivity contribution is 5.38. The predicted octanol–water partition coefficient (Wildman–Crippen LogP) is 2.48. The monoisotopic (exact) mass is 268 g/mol. The van der Waals surface area contributed by atoms with Crippen LogP contribution in [-0.4, -0.2) is 23.1 Å². The van der Waals surface area contributed by atoms with Crippen LogP contribution in [0.2, 0.25) is 0 Å². The van der Waals surface area contributed by atoms with E-state index in [1.54, 1.807) is 0 Å². The van der Waals surface area contributed by atoms with Crippen molar-refractivity contribution < 1.29 is 0 Å². The Hall–Kier alpha value is -1.94. The van der Waals surface area contributed by atoms with Crippen LogP contribution in [0.4, 0.5) is 5.95 Å². The summed E-state index contributed by atoms with van der Waals surface area (Å²) in [5.74, 6) is 0.710. The molecule has 20 heavy (non-hydrogen) atoms. The molecule has 1 aromatic carbocycles. The fourth-order valence-corrected chi connectivity index (χ4v) is 2.77. The van der Waals surface area contributed by atoms with Gasteiger partial charge in [0.25, 0.3) is 0 Å². The first kappa shape index (κ1) is 13.1. The van der Waals surface area contributed by atoms with Crippen LogP contribution in [-0.2, 0) is 5.54 Å². The van der Waals surface area contributed by atoms with Gasteiger partial charge in [0, 0.05) is 12.4 Å². The summed E-state index contributed by atoms with van der Waals surface area (Å²) in [6.07, 6.45) is 5.78. The van der Waals surface area contributed by atoms with E-state index < -0.39 is 0 Å². The number of piperidine rings is 1. The maximum atomic E-state index is 4.40. The molecule has 0 unspecified atom stereocenters. The molecule has 1 saturated heterocycles. The van der Waals surface area contributed by atoms with Crippen molar-refractivity contribution in [2.24, 2.45) is 0 Å². The molecule has 0 spiro atoms. The fraction of sp³-hybridized carbons (Fsp3) is 0.375. The summed E-state index contributed by atoms with van der Waals surface area (Å²) in [7, 11) is 0. The summed E-state index contributed by atoms with van der Waals surface area (Å²) in [4.78, 5) is 8.80. The van der Waals surface area contributed by atoms with E-state index in [4.69, 9.17) is 0 Å². The number of aryl methyl sites for hydroxylation is 1. The Morgan fingerprint density at radius 2 is 1.70 bits per heavy atom. The quantitative estimate of drug-likeness (QED) is 0.898. The summed E-state index contributed by atoms with van der Waals surface area (Å²) < 4.78 is 0. The standard InChI is InChI=1S/C16H20N4/c1-13-11-18-15(19-12-13)20-16(7-9-17-10-8-16)14-5-3-2-4-6-14/h2-6,11-12,17H,7-10H2,1H3,(H,18,19,20). The minimum atomic E-state index is -0.0677. The van der Waals surface area contributed by atoms with Crippen molar-refractivity contribution in [1.29, 1.82) is 0 Å². The van der Waals surface area contributed by atoms with Crippen LogP contribution in [0.25, 0.3) is 0 Å². The van der Waals surface area contributed by atoms with Crippen molar-refractivity contribution in [1.82, 2.24) is 15.3 Å². The zero-order valence-electron chi connectivity index (χ0n) is 11.8. The van der Waals surface area contributed by atoms with Gasteiger partial charge in [0.05, 0.1) is 5.54 Å². The second kappa shape index (κ2) is 5.59.